The second-order valence-corrected chi connectivity index (χ2v) is 14.4. The van der Waals surface area contributed by atoms with Gasteiger partial charge in [-0.2, -0.15) is 9.97 Å². The largest absolute Gasteiger partial charge is 0.308 e. The van der Waals surface area contributed by atoms with Gasteiger partial charge in [0.2, 0.25) is 5.95 Å². The lowest BCUT2D eigenvalue weighted by atomic mass is 9.91. The van der Waals surface area contributed by atoms with Crippen molar-refractivity contribution in [2.45, 2.75) is 0 Å². The van der Waals surface area contributed by atoms with Crippen molar-refractivity contribution in [2.24, 2.45) is 0 Å². The maximum absolute atomic E-state index is 5.12. The molecular weight excluding hydrogens is 683 g/mol. The topological polar surface area (TPSA) is 48.5 Å². The van der Waals surface area contributed by atoms with E-state index in [2.05, 4.69) is 137 Å². The molecule has 1 aliphatic heterocycles. The lowest BCUT2D eigenvalue weighted by Gasteiger charge is -2.15. The van der Waals surface area contributed by atoms with Crippen molar-refractivity contribution in [3.63, 3.8) is 0 Å². The molecule has 0 amide bonds. The van der Waals surface area contributed by atoms with Crippen LogP contribution in [0.3, 0.4) is 0 Å². The van der Waals surface area contributed by atoms with Crippen LogP contribution in [0.1, 0.15) is 0 Å². The fraction of sp³-hybridized carbons (Fsp3) is 0. The van der Waals surface area contributed by atoms with Gasteiger partial charge in [-0.15, -0.1) is 0 Å². The highest BCUT2D eigenvalue weighted by Gasteiger charge is 2.25. The van der Waals surface area contributed by atoms with Gasteiger partial charge in [-0.1, -0.05) is 152 Å². The second-order valence-electron chi connectivity index (χ2n) is 14.4. The molecule has 1 aliphatic rings. The fourth-order valence-corrected chi connectivity index (χ4v) is 8.83. The van der Waals surface area contributed by atoms with E-state index in [1.807, 2.05) is 60.7 Å². The zero-order chi connectivity index (χ0) is 36.7. The Labute approximate surface area is 322 Å². The smallest absolute Gasteiger partial charge is 0.238 e. The van der Waals surface area contributed by atoms with Crippen molar-refractivity contribution in [3.05, 3.63) is 188 Å². The summed E-state index contributed by atoms with van der Waals surface area (Å²) in [6, 6.07) is 66.9. The first-order valence-corrected chi connectivity index (χ1v) is 19.0. The molecule has 0 spiro atoms. The molecule has 0 N–H and O–H groups in total. The van der Waals surface area contributed by atoms with Gasteiger partial charge in [0.25, 0.3) is 0 Å². The van der Waals surface area contributed by atoms with Crippen molar-refractivity contribution in [1.82, 2.24) is 24.1 Å². The van der Waals surface area contributed by atoms with E-state index >= 15 is 0 Å². The number of hydrogen-bond donors (Lipinski definition) is 0. The first-order chi connectivity index (χ1) is 27.8. The molecule has 3 aromatic heterocycles. The molecular formula is C51H31N5. The molecule has 0 saturated heterocycles. The summed E-state index contributed by atoms with van der Waals surface area (Å²) in [7, 11) is 0. The molecule has 0 bridgehead atoms. The van der Waals surface area contributed by atoms with Gasteiger partial charge >= 0.3 is 0 Å². The summed E-state index contributed by atoms with van der Waals surface area (Å²) in [6.45, 7) is 0. The Morgan fingerprint density at radius 3 is 1.54 bits per heavy atom. The highest BCUT2D eigenvalue weighted by molar-refractivity contribution is 6.16. The monoisotopic (exact) mass is 713 g/mol. The molecule has 11 aromatic rings. The third-order valence-electron chi connectivity index (χ3n) is 11.3. The summed E-state index contributed by atoms with van der Waals surface area (Å²) in [5, 5.41) is 4.83. The maximum Gasteiger partial charge on any atom is 0.238 e. The second kappa shape index (κ2) is 11.9. The fourth-order valence-electron chi connectivity index (χ4n) is 8.83. The van der Waals surface area contributed by atoms with Gasteiger partial charge in [-0.05, 0) is 58.7 Å². The first kappa shape index (κ1) is 30.8. The quantitative estimate of drug-likeness (QED) is 0.182. The average Bonchev–Trinajstić information content (AvgIpc) is 3.75. The van der Waals surface area contributed by atoms with E-state index in [0.717, 1.165) is 44.1 Å². The summed E-state index contributed by atoms with van der Waals surface area (Å²) in [4.78, 5) is 15.2. The van der Waals surface area contributed by atoms with Crippen molar-refractivity contribution >= 4 is 43.6 Å². The first-order valence-electron chi connectivity index (χ1n) is 19.0. The number of aromatic nitrogens is 5. The van der Waals surface area contributed by atoms with Crippen LogP contribution >= 0.6 is 0 Å². The summed E-state index contributed by atoms with van der Waals surface area (Å²) in [6.07, 6.45) is 0. The van der Waals surface area contributed by atoms with Crippen LogP contribution in [0.15, 0.2) is 188 Å². The molecule has 5 nitrogen and oxygen atoms in total. The lowest BCUT2D eigenvalue weighted by molar-refractivity contribution is 0.953. The van der Waals surface area contributed by atoms with Gasteiger partial charge < -0.3 is 4.57 Å². The number of nitrogens with zero attached hydrogens (tertiary/aromatic N) is 5. The van der Waals surface area contributed by atoms with Gasteiger partial charge in [-0.3, -0.25) is 4.57 Å². The Morgan fingerprint density at radius 2 is 0.821 bits per heavy atom. The average molecular weight is 714 g/mol. The van der Waals surface area contributed by atoms with E-state index in [1.54, 1.807) is 0 Å². The summed E-state index contributed by atoms with van der Waals surface area (Å²) >= 11 is 0. The molecule has 0 radical (unpaired) electrons. The van der Waals surface area contributed by atoms with Crippen molar-refractivity contribution in [1.29, 1.82) is 0 Å². The molecule has 12 rings (SSSR count). The Hall–Kier alpha value is -7.63. The standard InChI is InChI=1S/C51H31N5/c1-3-14-32(15-4-1)49-52-50(33-16-5-2-6-17-33)54-51(53-49)56-45-25-12-10-21-39(45)43-31-35(27-29-47(43)56)34-26-28-46-42(30-34)37-19-8-7-18-36(37)40-22-13-23-41-38-20-9-11-24-44(38)55(46)48(40)41/h1-31H. The third kappa shape index (κ3) is 4.52. The molecule has 0 unspecified atom stereocenters. The van der Waals surface area contributed by atoms with Crippen LogP contribution < -0.4 is 0 Å². The maximum atomic E-state index is 5.12. The van der Waals surface area contributed by atoms with Gasteiger partial charge in [0, 0.05) is 43.8 Å². The molecule has 5 heteroatoms. The van der Waals surface area contributed by atoms with Gasteiger partial charge in [0.15, 0.2) is 11.6 Å². The van der Waals surface area contributed by atoms with E-state index in [4.69, 9.17) is 15.0 Å². The minimum atomic E-state index is 0.586. The molecule has 56 heavy (non-hydrogen) atoms. The van der Waals surface area contributed by atoms with Crippen LogP contribution in [0, 0.1) is 0 Å². The highest BCUT2D eigenvalue weighted by Crippen LogP contribution is 2.47. The van der Waals surface area contributed by atoms with Gasteiger partial charge in [-0.25, -0.2) is 4.98 Å². The van der Waals surface area contributed by atoms with Crippen molar-refractivity contribution < 1.29 is 0 Å². The number of para-hydroxylation sites is 3. The van der Waals surface area contributed by atoms with E-state index in [0.29, 0.717) is 17.6 Å². The lowest BCUT2D eigenvalue weighted by Crippen LogP contribution is -2.06. The molecule has 0 atom stereocenters. The zero-order valence-electron chi connectivity index (χ0n) is 30.1. The van der Waals surface area contributed by atoms with Crippen LogP contribution in [-0.4, -0.2) is 24.1 Å². The van der Waals surface area contributed by atoms with E-state index in [9.17, 15) is 0 Å². The number of hydrogen-bond acceptors (Lipinski definition) is 3. The van der Waals surface area contributed by atoms with E-state index in [1.165, 1.54) is 49.7 Å². The molecule has 8 aromatic carbocycles. The predicted octanol–water partition coefficient (Wildman–Crippen LogP) is 12.7. The van der Waals surface area contributed by atoms with Crippen LogP contribution in [0.5, 0.6) is 0 Å². The van der Waals surface area contributed by atoms with Crippen LogP contribution in [0.2, 0.25) is 0 Å². The van der Waals surface area contributed by atoms with Crippen LogP contribution in [0.4, 0.5) is 0 Å². The molecule has 0 fully saturated rings. The molecule has 260 valence electrons. The summed E-state index contributed by atoms with van der Waals surface area (Å²) in [5.41, 5.74) is 14.9. The van der Waals surface area contributed by atoms with Crippen molar-refractivity contribution in [3.8, 4) is 67.8 Å². The van der Waals surface area contributed by atoms with Crippen LogP contribution in [0.25, 0.3) is 111 Å². The highest BCUT2D eigenvalue weighted by atomic mass is 15.2. The zero-order valence-corrected chi connectivity index (χ0v) is 30.1. The SMILES string of the molecule is c1ccc(-c2nc(-c3ccccc3)nc(-n3c4ccccc4c4cc(-c5ccc6c(c5)-c5ccccc5-c5cccc7c8ccccc8n-6c57)ccc43)n2)cc1. The summed E-state index contributed by atoms with van der Waals surface area (Å²) < 4.78 is 4.65. The van der Waals surface area contributed by atoms with E-state index in [-0.39, 0.29) is 0 Å². The van der Waals surface area contributed by atoms with Crippen LogP contribution in [-0.2, 0) is 0 Å². The Morgan fingerprint density at radius 1 is 0.304 bits per heavy atom. The minimum Gasteiger partial charge on any atom is -0.308 e. The normalized spacial score (nSPS) is 11.9. The number of benzene rings is 8. The Kier molecular flexibility index (Phi) is 6.56. The number of rotatable bonds is 4. The minimum absolute atomic E-state index is 0.586. The van der Waals surface area contributed by atoms with Gasteiger partial charge in [0.1, 0.15) is 0 Å². The number of fused-ring (bicyclic) bond motifs is 11. The molecule has 4 heterocycles. The molecule has 0 aliphatic carbocycles. The predicted molar refractivity (Wildman–Crippen MR) is 229 cm³/mol. The van der Waals surface area contributed by atoms with Gasteiger partial charge in [0.05, 0.1) is 27.8 Å². The Balaban J connectivity index is 1.07. The third-order valence-corrected chi connectivity index (χ3v) is 11.3. The summed E-state index contributed by atoms with van der Waals surface area (Å²) in [5.74, 6) is 1.86. The van der Waals surface area contributed by atoms with Crippen molar-refractivity contribution in [2.75, 3.05) is 0 Å². The molecule has 0 saturated carbocycles. The Bertz CT molecular complexity index is 3300. The van der Waals surface area contributed by atoms with E-state index < -0.39 is 0 Å².